The maximum atomic E-state index is 12.5. The van der Waals surface area contributed by atoms with Gasteiger partial charge in [-0.2, -0.15) is 4.98 Å². The maximum absolute atomic E-state index is 12.5. The third-order valence-corrected chi connectivity index (χ3v) is 6.27. The second kappa shape index (κ2) is 11.1. The smallest absolute Gasteiger partial charge is 0.433 e. The van der Waals surface area contributed by atoms with Gasteiger partial charge < -0.3 is 24.5 Å². The van der Waals surface area contributed by atoms with Gasteiger partial charge >= 0.3 is 20.2 Å². The van der Waals surface area contributed by atoms with E-state index in [2.05, 4.69) is 15.0 Å². The summed E-state index contributed by atoms with van der Waals surface area (Å²) in [5.41, 5.74) is 5.08. The Bertz CT molecular complexity index is 1110. The van der Waals surface area contributed by atoms with Gasteiger partial charge in [-0.1, -0.05) is 9.05 Å². The zero-order valence-electron chi connectivity index (χ0n) is 21.2. The number of fused-ring (bicyclic) bond motifs is 1. The molecular weight excluding hydrogens is 493 g/mol. The zero-order valence-corrected chi connectivity index (χ0v) is 22.1. The normalized spacial score (nSPS) is 15.5. The van der Waals surface area contributed by atoms with E-state index in [9.17, 15) is 14.2 Å². The number of carbonyl (C=O) groups is 2. The summed E-state index contributed by atoms with van der Waals surface area (Å²) in [6.45, 7) is 8.29. The molecule has 0 radical (unpaired) electrons. The molecule has 1 aliphatic rings. The molecule has 13 nitrogen and oxygen atoms in total. The van der Waals surface area contributed by atoms with E-state index in [-0.39, 0.29) is 11.5 Å². The topological polar surface area (TPSA) is 167 Å². The summed E-state index contributed by atoms with van der Waals surface area (Å²) >= 11 is 0. The van der Waals surface area contributed by atoms with Crippen molar-refractivity contribution in [1.82, 2.24) is 19.5 Å². The highest BCUT2D eigenvalue weighted by molar-refractivity contribution is 7.33. The molecule has 36 heavy (non-hydrogen) atoms. The van der Waals surface area contributed by atoms with Crippen LogP contribution in [0.4, 0.5) is 5.95 Å². The number of rotatable bonds is 13. The van der Waals surface area contributed by atoms with Crippen LogP contribution in [0.25, 0.3) is 11.2 Å². The molecule has 1 fully saturated rings. The first-order chi connectivity index (χ1) is 16.8. The van der Waals surface area contributed by atoms with Crippen molar-refractivity contribution >= 4 is 37.3 Å². The highest BCUT2D eigenvalue weighted by Crippen LogP contribution is 2.42. The van der Waals surface area contributed by atoms with Crippen LogP contribution in [-0.4, -0.2) is 57.3 Å². The van der Waals surface area contributed by atoms with Crippen LogP contribution in [0.5, 0.6) is 0 Å². The first kappa shape index (κ1) is 27.9. The van der Waals surface area contributed by atoms with Gasteiger partial charge in [-0.25, -0.2) is 9.97 Å². The fourth-order valence-corrected chi connectivity index (χ4v) is 3.45. The predicted octanol–water partition coefficient (Wildman–Crippen LogP) is 3.11. The number of nitrogen functional groups attached to an aromatic ring is 1. The Labute approximate surface area is 209 Å². The summed E-state index contributed by atoms with van der Waals surface area (Å²) in [6, 6.07) is 0. The third kappa shape index (κ3) is 7.63. The molecule has 2 aromatic heterocycles. The second-order valence-electron chi connectivity index (χ2n) is 10.3. The predicted molar refractivity (Wildman–Crippen MR) is 127 cm³/mol. The fraction of sp³-hybridized carbons (Fsp3) is 0.682. The molecular formula is C22H33N5O8P+. The van der Waals surface area contributed by atoms with E-state index in [0.717, 1.165) is 12.8 Å². The summed E-state index contributed by atoms with van der Waals surface area (Å²) in [7, 11) is -2.62. The number of nitrogens with zero attached hydrogens (tertiary/aromatic N) is 4. The van der Waals surface area contributed by atoms with Gasteiger partial charge in [-0.15, -0.1) is 0 Å². The molecule has 198 valence electrons. The Hall–Kier alpha value is -2.73. The minimum Gasteiger partial charge on any atom is -0.433 e. The Kier molecular flexibility index (Phi) is 8.60. The molecule has 1 aliphatic carbocycles. The van der Waals surface area contributed by atoms with Crippen molar-refractivity contribution in [3.05, 3.63) is 12.5 Å². The van der Waals surface area contributed by atoms with Gasteiger partial charge in [0, 0.05) is 11.2 Å². The van der Waals surface area contributed by atoms with Crippen molar-refractivity contribution in [2.75, 3.05) is 25.9 Å². The Morgan fingerprint density at radius 2 is 1.72 bits per heavy atom. The number of esters is 2. The maximum Gasteiger partial charge on any atom is 0.704 e. The van der Waals surface area contributed by atoms with Crippen LogP contribution in [0, 0.1) is 10.8 Å². The summed E-state index contributed by atoms with van der Waals surface area (Å²) in [5.74, 6) is -0.864. The molecule has 1 unspecified atom stereocenters. The van der Waals surface area contributed by atoms with Crippen LogP contribution in [0.15, 0.2) is 12.5 Å². The molecule has 0 amide bonds. The summed E-state index contributed by atoms with van der Waals surface area (Å²) in [6.07, 6.45) is 5.43. The number of hydrogen-bond acceptors (Lipinski definition) is 12. The van der Waals surface area contributed by atoms with E-state index in [4.69, 9.17) is 29.0 Å². The number of hydrogen-bond donors (Lipinski definition) is 1. The summed E-state index contributed by atoms with van der Waals surface area (Å²) < 4.78 is 39.3. The van der Waals surface area contributed by atoms with Crippen LogP contribution < -0.4 is 5.73 Å². The standard InChI is InChI=1S/C22H33N5O8P/c1-20(2,3)17(28)31-13-34-36(30)35-14-32-18(29)21(4,5)8-9-33-22(6-7-22)11-27-12-25-15-10-24-19(23)26-16(15)27/h10,12H,6-9,11,13-14H2,1-5H3,(H2,23,24,26)/q+1. The van der Waals surface area contributed by atoms with Gasteiger partial charge in [-0.3, -0.25) is 9.59 Å². The van der Waals surface area contributed by atoms with Crippen LogP contribution in [0.3, 0.4) is 0 Å². The molecule has 0 saturated heterocycles. The first-order valence-corrected chi connectivity index (χ1v) is 12.6. The average Bonchev–Trinajstić information content (AvgIpc) is 3.44. The number of carbonyl (C=O) groups excluding carboxylic acids is 2. The molecule has 3 rings (SSSR count). The zero-order chi connectivity index (χ0) is 26.6. The van der Waals surface area contributed by atoms with E-state index >= 15 is 0 Å². The Balaban J connectivity index is 1.37. The largest absolute Gasteiger partial charge is 0.704 e. The van der Waals surface area contributed by atoms with Crippen LogP contribution in [-0.2, 0) is 44.0 Å². The van der Waals surface area contributed by atoms with Crippen LogP contribution in [0.1, 0.15) is 53.9 Å². The first-order valence-electron chi connectivity index (χ1n) is 11.5. The molecule has 1 atom stereocenters. The third-order valence-electron chi connectivity index (χ3n) is 5.64. The van der Waals surface area contributed by atoms with Gasteiger partial charge in [0.05, 0.1) is 35.5 Å². The van der Waals surface area contributed by atoms with Gasteiger partial charge in [0.15, 0.2) is 5.65 Å². The number of imidazole rings is 1. The lowest BCUT2D eigenvalue weighted by atomic mass is 9.90. The van der Waals surface area contributed by atoms with Gasteiger partial charge in [0.1, 0.15) is 5.52 Å². The van der Waals surface area contributed by atoms with Crippen LogP contribution >= 0.6 is 8.25 Å². The quantitative estimate of drug-likeness (QED) is 0.230. The summed E-state index contributed by atoms with van der Waals surface area (Å²) in [5, 5.41) is 0. The number of nitrogens with two attached hydrogens (primary N) is 1. The average molecular weight is 527 g/mol. The lowest BCUT2D eigenvalue weighted by molar-refractivity contribution is -0.163. The van der Waals surface area contributed by atoms with E-state index in [1.165, 1.54) is 0 Å². The van der Waals surface area contributed by atoms with Gasteiger partial charge in [0.25, 0.3) is 0 Å². The molecule has 14 heteroatoms. The van der Waals surface area contributed by atoms with E-state index < -0.39 is 44.6 Å². The van der Waals surface area contributed by atoms with Crippen molar-refractivity contribution in [3.8, 4) is 0 Å². The van der Waals surface area contributed by atoms with E-state index in [0.29, 0.717) is 30.7 Å². The van der Waals surface area contributed by atoms with Gasteiger partial charge in [-0.05, 0) is 53.9 Å². The van der Waals surface area contributed by atoms with Crippen molar-refractivity contribution in [2.45, 2.75) is 66.0 Å². The highest BCUT2D eigenvalue weighted by Gasteiger charge is 2.45. The molecule has 2 aromatic rings. The number of aromatic nitrogens is 4. The molecule has 0 aromatic carbocycles. The molecule has 2 N–H and O–H groups in total. The number of ether oxygens (including phenoxy) is 3. The lowest BCUT2D eigenvalue weighted by Gasteiger charge is -2.24. The molecule has 0 aliphatic heterocycles. The van der Waals surface area contributed by atoms with E-state index in [1.807, 2.05) is 4.57 Å². The van der Waals surface area contributed by atoms with Crippen molar-refractivity contribution < 1.29 is 37.4 Å². The van der Waals surface area contributed by atoms with Gasteiger partial charge in [0.2, 0.25) is 19.5 Å². The minimum absolute atomic E-state index is 0.180. The molecule has 0 bridgehead atoms. The fourth-order valence-electron chi connectivity index (χ4n) is 3.10. The van der Waals surface area contributed by atoms with Crippen LogP contribution in [0.2, 0.25) is 0 Å². The SMILES string of the molecule is CC(C)(C)C(=O)OCO[P+](=O)OCOC(=O)C(C)(C)CCOC1(Cn2cnc3cnc(N)nc32)CC1. The Morgan fingerprint density at radius 3 is 2.33 bits per heavy atom. The minimum atomic E-state index is -2.62. The summed E-state index contributed by atoms with van der Waals surface area (Å²) in [4.78, 5) is 36.6. The lowest BCUT2D eigenvalue weighted by Crippen LogP contribution is -2.30. The Morgan fingerprint density at radius 1 is 1.08 bits per heavy atom. The number of anilines is 1. The monoisotopic (exact) mass is 526 g/mol. The van der Waals surface area contributed by atoms with E-state index in [1.54, 1.807) is 47.1 Å². The molecule has 1 saturated carbocycles. The second-order valence-corrected chi connectivity index (χ2v) is 11.3. The van der Waals surface area contributed by atoms with Crippen molar-refractivity contribution in [1.29, 1.82) is 0 Å². The highest BCUT2D eigenvalue weighted by atomic mass is 31.1. The van der Waals surface area contributed by atoms with Crippen molar-refractivity contribution in [3.63, 3.8) is 0 Å². The molecule has 2 heterocycles. The molecule has 0 spiro atoms. The van der Waals surface area contributed by atoms with Crippen molar-refractivity contribution in [2.24, 2.45) is 10.8 Å².